The Morgan fingerprint density at radius 3 is 2.50 bits per heavy atom. The molecule has 0 aliphatic heterocycles. The normalized spacial score (nSPS) is 14.8. The molecule has 0 saturated carbocycles. The fourth-order valence-electron chi connectivity index (χ4n) is 1.59. The number of hydrogen-bond donors (Lipinski definition) is 1. The highest BCUT2D eigenvalue weighted by Gasteiger charge is 2.26. The van der Waals surface area contributed by atoms with Gasteiger partial charge in [0.25, 0.3) is 0 Å². The molecule has 20 heavy (non-hydrogen) atoms. The topological polar surface area (TPSA) is 73.9 Å². The van der Waals surface area contributed by atoms with Crippen molar-refractivity contribution in [3.05, 3.63) is 24.3 Å². The smallest absolute Gasteiger partial charge is 0.240 e. The van der Waals surface area contributed by atoms with Gasteiger partial charge in [0, 0.05) is 26.8 Å². The summed E-state index contributed by atoms with van der Waals surface area (Å²) in [5.74, 6) is 0.485. The lowest BCUT2D eigenvalue weighted by molar-refractivity contribution is -0.0460. The summed E-state index contributed by atoms with van der Waals surface area (Å²) < 4.78 is 42.2. The standard InChI is InChI=1S/C13H21NO5S/c1-13(19-4,10-17-2)9-14-20(15,16)12-7-5-6-11(8-12)18-3/h5-8,14H,9-10H2,1-4H3/t13-/m1/s1. The van der Waals surface area contributed by atoms with Crippen LogP contribution in [0.2, 0.25) is 0 Å². The lowest BCUT2D eigenvalue weighted by Gasteiger charge is -2.27. The average molecular weight is 303 g/mol. The van der Waals surface area contributed by atoms with Gasteiger partial charge in [-0.2, -0.15) is 0 Å². The van der Waals surface area contributed by atoms with Crippen LogP contribution in [-0.2, 0) is 19.5 Å². The first-order valence-electron chi connectivity index (χ1n) is 6.05. The third-order valence-corrected chi connectivity index (χ3v) is 4.33. The summed E-state index contributed by atoms with van der Waals surface area (Å²) in [6.45, 7) is 2.16. The molecule has 6 nitrogen and oxygen atoms in total. The van der Waals surface area contributed by atoms with Crippen LogP contribution in [0, 0.1) is 0 Å². The fourth-order valence-corrected chi connectivity index (χ4v) is 2.78. The zero-order chi connectivity index (χ0) is 15.2. The van der Waals surface area contributed by atoms with Crippen molar-refractivity contribution in [2.24, 2.45) is 0 Å². The SMILES string of the molecule is COC[C@@](C)(CNS(=O)(=O)c1cccc(OC)c1)OC. The first-order chi connectivity index (χ1) is 9.37. The number of rotatable bonds is 8. The van der Waals surface area contributed by atoms with E-state index in [1.54, 1.807) is 19.1 Å². The highest BCUT2D eigenvalue weighted by molar-refractivity contribution is 7.89. The molecule has 114 valence electrons. The third-order valence-electron chi connectivity index (χ3n) is 2.93. The predicted octanol–water partition coefficient (Wildman–Crippen LogP) is 1.02. The summed E-state index contributed by atoms with van der Waals surface area (Å²) in [5, 5.41) is 0. The van der Waals surface area contributed by atoms with E-state index >= 15 is 0 Å². The number of benzene rings is 1. The van der Waals surface area contributed by atoms with E-state index in [2.05, 4.69) is 4.72 Å². The maximum absolute atomic E-state index is 12.2. The maximum atomic E-state index is 12.2. The van der Waals surface area contributed by atoms with Crippen LogP contribution >= 0.6 is 0 Å². The van der Waals surface area contributed by atoms with Crippen LogP contribution in [0.3, 0.4) is 0 Å². The number of nitrogens with one attached hydrogen (secondary N) is 1. The lowest BCUT2D eigenvalue weighted by atomic mass is 10.1. The van der Waals surface area contributed by atoms with Gasteiger partial charge in [0.2, 0.25) is 10.0 Å². The Hall–Kier alpha value is -1.15. The van der Waals surface area contributed by atoms with Crippen molar-refractivity contribution >= 4 is 10.0 Å². The minimum Gasteiger partial charge on any atom is -0.497 e. The summed E-state index contributed by atoms with van der Waals surface area (Å²) >= 11 is 0. The molecule has 0 saturated heterocycles. The lowest BCUT2D eigenvalue weighted by Crippen LogP contribution is -2.45. The zero-order valence-electron chi connectivity index (χ0n) is 12.2. The van der Waals surface area contributed by atoms with Crippen molar-refractivity contribution in [1.82, 2.24) is 4.72 Å². The molecule has 0 aliphatic carbocycles. The van der Waals surface area contributed by atoms with Gasteiger partial charge in [-0.3, -0.25) is 0 Å². The Kier molecular flexibility index (Phi) is 5.94. The molecule has 7 heteroatoms. The largest absolute Gasteiger partial charge is 0.497 e. The van der Waals surface area contributed by atoms with E-state index in [0.717, 1.165) is 0 Å². The van der Waals surface area contributed by atoms with Crippen LogP contribution in [0.4, 0.5) is 0 Å². The van der Waals surface area contributed by atoms with Gasteiger partial charge in [0.15, 0.2) is 0 Å². The van der Waals surface area contributed by atoms with Crippen LogP contribution in [-0.4, -0.2) is 48.5 Å². The fraction of sp³-hybridized carbons (Fsp3) is 0.538. The van der Waals surface area contributed by atoms with Gasteiger partial charge >= 0.3 is 0 Å². The van der Waals surface area contributed by atoms with Gasteiger partial charge in [0.1, 0.15) is 11.4 Å². The van der Waals surface area contributed by atoms with Crippen LogP contribution in [0.25, 0.3) is 0 Å². The Morgan fingerprint density at radius 2 is 1.95 bits per heavy atom. The molecule has 0 radical (unpaired) electrons. The van der Waals surface area contributed by atoms with Crippen molar-refractivity contribution in [2.75, 3.05) is 34.5 Å². The molecule has 0 fully saturated rings. The van der Waals surface area contributed by atoms with Crippen molar-refractivity contribution in [3.8, 4) is 5.75 Å². The summed E-state index contributed by atoms with van der Waals surface area (Å²) in [6.07, 6.45) is 0. The Bertz CT molecular complexity index is 531. The Balaban J connectivity index is 2.84. The molecule has 0 amide bonds. The molecule has 0 aromatic heterocycles. The van der Waals surface area contributed by atoms with Gasteiger partial charge in [-0.25, -0.2) is 13.1 Å². The number of methoxy groups -OCH3 is 3. The summed E-state index contributed by atoms with van der Waals surface area (Å²) in [4.78, 5) is 0.146. The van der Waals surface area contributed by atoms with E-state index in [9.17, 15) is 8.42 Å². The van der Waals surface area contributed by atoms with Crippen LogP contribution in [0.1, 0.15) is 6.92 Å². The first-order valence-corrected chi connectivity index (χ1v) is 7.53. The first kappa shape index (κ1) is 16.9. The molecule has 0 spiro atoms. The average Bonchev–Trinajstić information content (AvgIpc) is 2.46. The van der Waals surface area contributed by atoms with E-state index in [-0.39, 0.29) is 18.0 Å². The van der Waals surface area contributed by atoms with Crippen LogP contribution < -0.4 is 9.46 Å². The zero-order valence-corrected chi connectivity index (χ0v) is 13.0. The predicted molar refractivity (Wildman–Crippen MR) is 75.5 cm³/mol. The van der Waals surface area contributed by atoms with Crippen LogP contribution in [0.15, 0.2) is 29.2 Å². The molecule has 1 aromatic carbocycles. The molecular weight excluding hydrogens is 282 g/mol. The molecule has 0 aliphatic rings. The van der Waals surface area contributed by atoms with Crippen LogP contribution in [0.5, 0.6) is 5.75 Å². The number of sulfonamides is 1. The highest BCUT2D eigenvalue weighted by Crippen LogP contribution is 2.17. The van der Waals surface area contributed by atoms with Gasteiger partial charge < -0.3 is 14.2 Å². The molecular formula is C13H21NO5S. The second-order valence-corrected chi connectivity index (χ2v) is 6.36. The van der Waals surface area contributed by atoms with Gasteiger partial charge in [0.05, 0.1) is 18.6 Å². The molecule has 0 bridgehead atoms. The third kappa shape index (κ3) is 4.45. The summed E-state index contributed by atoms with van der Waals surface area (Å²) in [6, 6.07) is 6.27. The van der Waals surface area contributed by atoms with Crippen molar-refractivity contribution < 1.29 is 22.6 Å². The van der Waals surface area contributed by atoms with Crippen molar-refractivity contribution in [1.29, 1.82) is 0 Å². The van der Waals surface area contributed by atoms with Gasteiger partial charge in [-0.1, -0.05) is 6.07 Å². The molecule has 0 heterocycles. The molecule has 1 atom stereocenters. The second kappa shape index (κ2) is 7.03. The van der Waals surface area contributed by atoms with E-state index in [4.69, 9.17) is 14.2 Å². The minimum atomic E-state index is -3.62. The van der Waals surface area contributed by atoms with E-state index in [1.807, 2.05) is 0 Å². The number of ether oxygens (including phenoxy) is 3. The van der Waals surface area contributed by atoms with Gasteiger partial charge in [-0.05, 0) is 19.1 Å². The van der Waals surface area contributed by atoms with Gasteiger partial charge in [-0.15, -0.1) is 0 Å². The Labute approximate surface area is 120 Å². The minimum absolute atomic E-state index is 0.108. The maximum Gasteiger partial charge on any atom is 0.240 e. The second-order valence-electron chi connectivity index (χ2n) is 4.59. The molecule has 1 aromatic rings. The molecule has 0 unspecified atom stereocenters. The number of hydrogen-bond acceptors (Lipinski definition) is 5. The monoisotopic (exact) mass is 303 g/mol. The van der Waals surface area contributed by atoms with Crippen molar-refractivity contribution in [3.63, 3.8) is 0 Å². The van der Waals surface area contributed by atoms with E-state index in [1.165, 1.54) is 33.5 Å². The van der Waals surface area contributed by atoms with Crippen molar-refractivity contribution in [2.45, 2.75) is 17.4 Å². The molecule has 1 rings (SSSR count). The molecule has 1 N–H and O–H groups in total. The summed E-state index contributed by atoms with van der Waals surface area (Å²) in [5.41, 5.74) is -0.722. The summed E-state index contributed by atoms with van der Waals surface area (Å²) in [7, 11) is 0.914. The Morgan fingerprint density at radius 1 is 1.25 bits per heavy atom. The highest BCUT2D eigenvalue weighted by atomic mass is 32.2. The van der Waals surface area contributed by atoms with E-state index in [0.29, 0.717) is 5.75 Å². The van der Waals surface area contributed by atoms with E-state index < -0.39 is 15.6 Å². The quantitative estimate of drug-likeness (QED) is 0.776.